The quantitative estimate of drug-likeness (QED) is 0.436. The van der Waals surface area contributed by atoms with E-state index in [1.54, 1.807) is 0 Å². The fourth-order valence-electron chi connectivity index (χ4n) is 5.64. The third-order valence-electron chi connectivity index (χ3n) is 7.55. The molecule has 1 unspecified atom stereocenters. The molecule has 0 saturated heterocycles. The first kappa shape index (κ1) is 23.0. The fourth-order valence-corrected chi connectivity index (χ4v) is 5.64. The molecule has 1 saturated carbocycles. The van der Waals surface area contributed by atoms with Gasteiger partial charge in [-0.15, -0.1) is 0 Å². The molecule has 2 aliphatic carbocycles. The number of hydrogen-bond acceptors (Lipinski definition) is 4. The van der Waals surface area contributed by atoms with E-state index >= 15 is 0 Å². The van der Waals surface area contributed by atoms with Crippen LogP contribution >= 0.6 is 0 Å². The standard InChI is InChI=1S/C30H37N3O/c1-20(26-14-8-10-22-9-5-6-13-27(22)26)31-25-12-7-11-24(19-25)21-15-17-23(18-16-21)28-32-29(34-33-28)30(2,3)4/h5-6,8-10,13-15,17-18,20-21,24-25,31H,7,11-12,16,19H2,1-4H3/t20-,21?,24+,25+/m1/s1. The second kappa shape index (κ2) is 9.50. The second-order valence-electron chi connectivity index (χ2n) is 11.2. The summed E-state index contributed by atoms with van der Waals surface area (Å²) >= 11 is 0. The Morgan fingerprint density at radius 2 is 1.88 bits per heavy atom. The van der Waals surface area contributed by atoms with Crippen LogP contribution in [0.3, 0.4) is 0 Å². The van der Waals surface area contributed by atoms with Crippen molar-refractivity contribution in [2.45, 2.75) is 77.3 Å². The number of allylic oxidation sites excluding steroid dienone is 4. The topological polar surface area (TPSA) is 51.0 Å². The Bertz CT molecular complexity index is 1190. The molecule has 4 nitrogen and oxygen atoms in total. The smallest absolute Gasteiger partial charge is 0.232 e. The van der Waals surface area contributed by atoms with Gasteiger partial charge in [-0.25, -0.2) is 0 Å². The lowest BCUT2D eigenvalue weighted by molar-refractivity contribution is 0.228. The van der Waals surface area contributed by atoms with Gasteiger partial charge in [-0.2, -0.15) is 4.98 Å². The van der Waals surface area contributed by atoms with E-state index in [1.807, 2.05) is 0 Å². The summed E-state index contributed by atoms with van der Waals surface area (Å²) in [4.78, 5) is 4.63. The summed E-state index contributed by atoms with van der Waals surface area (Å²) in [6, 6.07) is 16.3. The fraction of sp³-hybridized carbons (Fsp3) is 0.467. The molecule has 0 radical (unpaired) electrons. The maximum Gasteiger partial charge on any atom is 0.232 e. The molecule has 2 aromatic carbocycles. The van der Waals surface area contributed by atoms with E-state index in [9.17, 15) is 0 Å². The Morgan fingerprint density at radius 1 is 1.06 bits per heavy atom. The lowest BCUT2D eigenvalue weighted by Crippen LogP contribution is -2.37. The average molecular weight is 456 g/mol. The molecular weight excluding hydrogens is 418 g/mol. The summed E-state index contributed by atoms with van der Waals surface area (Å²) in [7, 11) is 0. The van der Waals surface area contributed by atoms with Crippen LogP contribution in [0.1, 0.15) is 83.1 Å². The molecule has 4 heteroatoms. The number of nitrogens with zero attached hydrogens (tertiary/aromatic N) is 2. The number of nitrogens with one attached hydrogen (secondary N) is 1. The molecule has 1 N–H and O–H groups in total. The van der Waals surface area contributed by atoms with Crippen LogP contribution in [0.4, 0.5) is 0 Å². The minimum atomic E-state index is -0.125. The van der Waals surface area contributed by atoms with Crippen LogP contribution < -0.4 is 5.32 Å². The van der Waals surface area contributed by atoms with Gasteiger partial charge in [0.15, 0.2) is 0 Å². The number of aromatic nitrogens is 2. The van der Waals surface area contributed by atoms with Crippen molar-refractivity contribution in [1.82, 2.24) is 15.5 Å². The van der Waals surface area contributed by atoms with Crippen molar-refractivity contribution in [2.75, 3.05) is 0 Å². The number of fused-ring (bicyclic) bond motifs is 1. The Labute approximate surface area is 203 Å². The maximum atomic E-state index is 5.50. The van der Waals surface area contributed by atoms with Crippen molar-refractivity contribution in [1.29, 1.82) is 0 Å². The molecule has 1 aromatic heterocycles. The molecule has 4 atom stereocenters. The molecule has 0 spiro atoms. The molecule has 34 heavy (non-hydrogen) atoms. The SMILES string of the molecule is C[C@@H](N[C@H]1CCC[C@H](C2C=CC(c3noc(C(C)(C)C)n3)=CC2)C1)c1cccc2ccccc12. The summed E-state index contributed by atoms with van der Waals surface area (Å²) in [5.41, 5.74) is 2.37. The lowest BCUT2D eigenvalue weighted by Gasteiger charge is -2.36. The molecule has 3 aromatic rings. The van der Waals surface area contributed by atoms with Crippen LogP contribution in [0, 0.1) is 11.8 Å². The molecule has 1 heterocycles. The summed E-state index contributed by atoms with van der Waals surface area (Å²) < 4.78 is 5.50. The van der Waals surface area contributed by atoms with Crippen LogP contribution in [0.2, 0.25) is 0 Å². The zero-order valence-corrected chi connectivity index (χ0v) is 20.9. The Balaban J connectivity index is 1.21. The Kier molecular flexibility index (Phi) is 6.44. The van der Waals surface area contributed by atoms with E-state index in [4.69, 9.17) is 4.52 Å². The average Bonchev–Trinajstić information content (AvgIpc) is 3.35. The molecule has 0 aliphatic heterocycles. The summed E-state index contributed by atoms with van der Waals surface area (Å²) in [5, 5.41) is 10.9. The molecule has 178 valence electrons. The van der Waals surface area contributed by atoms with Crippen molar-refractivity contribution in [3.05, 3.63) is 78.0 Å². The van der Waals surface area contributed by atoms with Crippen LogP contribution in [-0.4, -0.2) is 16.2 Å². The van der Waals surface area contributed by atoms with E-state index < -0.39 is 0 Å². The van der Waals surface area contributed by atoms with Gasteiger partial charge in [0.1, 0.15) is 0 Å². The van der Waals surface area contributed by atoms with Crippen LogP contribution in [0.15, 0.2) is 65.2 Å². The van der Waals surface area contributed by atoms with Crippen molar-refractivity contribution in [3.8, 4) is 0 Å². The van der Waals surface area contributed by atoms with Gasteiger partial charge in [0.05, 0.1) is 0 Å². The van der Waals surface area contributed by atoms with Gasteiger partial charge < -0.3 is 9.84 Å². The zero-order valence-electron chi connectivity index (χ0n) is 20.9. The highest BCUT2D eigenvalue weighted by Crippen LogP contribution is 2.37. The monoisotopic (exact) mass is 455 g/mol. The first-order valence-electron chi connectivity index (χ1n) is 12.8. The molecule has 0 amide bonds. The van der Waals surface area contributed by atoms with Crippen molar-refractivity contribution in [2.24, 2.45) is 11.8 Å². The summed E-state index contributed by atoms with van der Waals surface area (Å²) in [6.07, 6.45) is 13.1. The van der Waals surface area contributed by atoms with Gasteiger partial charge in [-0.3, -0.25) is 0 Å². The van der Waals surface area contributed by atoms with Crippen LogP contribution in [-0.2, 0) is 5.41 Å². The number of hydrogen-bond donors (Lipinski definition) is 1. The molecule has 2 aliphatic rings. The van der Waals surface area contributed by atoms with Gasteiger partial charge >= 0.3 is 0 Å². The predicted molar refractivity (Wildman–Crippen MR) is 139 cm³/mol. The lowest BCUT2D eigenvalue weighted by atomic mass is 9.74. The van der Waals surface area contributed by atoms with Gasteiger partial charge in [0.2, 0.25) is 11.7 Å². The third kappa shape index (κ3) is 4.88. The number of rotatable bonds is 5. The van der Waals surface area contributed by atoms with Gasteiger partial charge in [-0.1, -0.05) is 93.0 Å². The van der Waals surface area contributed by atoms with E-state index in [0.29, 0.717) is 29.7 Å². The minimum absolute atomic E-state index is 0.125. The van der Waals surface area contributed by atoms with Gasteiger partial charge in [0, 0.05) is 23.1 Å². The predicted octanol–water partition coefficient (Wildman–Crippen LogP) is 7.39. The summed E-state index contributed by atoms with van der Waals surface area (Å²) in [5.74, 6) is 2.72. The van der Waals surface area contributed by atoms with Gasteiger partial charge in [-0.05, 0) is 60.8 Å². The molecular formula is C30H37N3O. The van der Waals surface area contributed by atoms with Crippen molar-refractivity contribution in [3.63, 3.8) is 0 Å². The van der Waals surface area contributed by atoms with Crippen LogP contribution in [0.25, 0.3) is 16.3 Å². The second-order valence-corrected chi connectivity index (χ2v) is 11.2. The zero-order chi connectivity index (χ0) is 23.7. The maximum absolute atomic E-state index is 5.50. The van der Waals surface area contributed by atoms with E-state index in [1.165, 1.54) is 42.0 Å². The Hall–Kier alpha value is -2.72. The van der Waals surface area contributed by atoms with Crippen molar-refractivity contribution < 1.29 is 4.52 Å². The third-order valence-corrected chi connectivity index (χ3v) is 7.55. The van der Waals surface area contributed by atoms with E-state index in [0.717, 1.165) is 17.9 Å². The van der Waals surface area contributed by atoms with Gasteiger partial charge in [0.25, 0.3) is 0 Å². The first-order chi connectivity index (χ1) is 16.4. The minimum Gasteiger partial charge on any atom is -0.338 e. The molecule has 5 rings (SSSR count). The Morgan fingerprint density at radius 3 is 2.65 bits per heavy atom. The molecule has 1 fully saturated rings. The highest BCUT2D eigenvalue weighted by atomic mass is 16.5. The first-order valence-corrected chi connectivity index (χ1v) is 12.8. The normalized spacial score (nSPS) is 24.2. The van der Waals surface area contributed by atoms with Crippen LogP contribution in [0.5, 0.6) is 0 Å². The van der Waals surface area contributed by atoms with Crippen molar-refractivity contribution >= 4 is 16.3 Å². The highest BCUT2D eigenvalue weighted by Gasteiger charge is 2.29. The van der Waals surface area contributed by atoms with E-state index in [2.05, 4.69) is 104 Å². The largest absolute Gasteiger partial charge is 0.338 e. The molecule has 0 bridgehead atoms. The van der Waals surface area contributed by atoms with E-state index in [-0.39, 0.29) is 5.41 Å². The number of benzene rings is 2. The highest BCUT2D eigenvalue weighted by molar-refractivity contribution is 5.86. The summed E-state index contributed by atoms with van der Waals surface area (Å²) in [6.45, 7) is 8.61.